The summed E-state index contributed by atoms with van der Waals surface area (Å²) in [6.07, 6.45) is -7.57. The fourth-order valence-electron chi connectivity index (χ4n) is 13.6. The van der Waals surface area contributed by atoms with Crippen LogP contribution in [-0.2, 0) is 18.9 Å². The molecule has 54 heavy (non-hydrogen) atoms. The van der Waals surface area contributed by atoms with Gasteiger partial charge in [0.1, 0.15) is 36.6 Å². The van der Waals surface area contributed by atoms with Crippen LogP contribution < -0.4 is 0 Å². The van der Waals surface area contributed by atoms with Crippen molar-refractivity contribution < 1.29 is 64.9 Å². The molecule has 0 aromatic heterocycles. The maximum absolute atomic E-state index is 12.3. The van der Waals surface area contributed by atoms with Crippen LogP contribution in [0.15, 0.2) is 11.6 Å². The third kappa shape index (κ3) is 5.65. The van der Waals surface area contributed by atoms with Gasteiger partial charge in [0.25, 0.3) is 0 Å². The maximum Gasteiger partial charge on any atom is 0.186 e. The minimum atomic E-state index is -1.56. The van der Waals surface area contributed by atoms with Crippen molar-refractivity contribution in [3.63, 3.8) is 0 Å². The number of hydrogen-bond donors (Lipinski definition) is 9. The number of hydrogen-bond acceptors (Lipinski definition) is 13. The van der Waals surface area contributed by atoms with E-state index in [1.54, 1.807) is 6.92 Å². The van der Waals surface area contributed by atoms with E-state index >= 15 is 0 Å². The second kappa shape index (κ2) is 13.6. The Morgan fingerprint density at radius 2 is 1.43 bits per heavy atom. The van der Waals surface area contributed by atoms with Gasteiger partial charge in [-0.3, -0.25) is 0 Å². The lowest BCUT2D eigenvalue weighted by atomic mass is 9.33. The topological polar surface area (TPSA) is 219 Å². The Balaban J connectivity index is 1.10. The standard InChI is InChI=1S/C41H68O13/c1-19-31(54-34-29(47)27(45)22(43)17-51-34)28(46)30(48)35(52-19)53-26-12-13-38(6)23(37(26,4)5)11-14-39(7)24(38)10-9-20-21-15-36(2,3)32(49)33(50)41(21,18-42)16-25(44)40(20,39)8/h9,19,21-35,42-50H,10-18H2,1-8H3. The molecular weight excluding hydrogens is 700 g/mol. The summed E-state index contributed by atoms with van der Waals surface area (Å²) < 4.78 is 23.9. The molecule has 20 atom stereocenters. The first-order valence-corrected chi connectivity index (χ1v) is 20.4. The molecule has 5 aliphatic carbocycles. The SMILES string of the molecule is CC1OC(OC2CCC3(C)C(CCC4(C)C3CC=C3C5CC(C)(C)C(O)C(O)C5(CO)CC(O)C34C)C2(C)C)C(O)C(O)C1OC1OCC(O)C(O)C1O. The van der Waals surface area contributed by atoms with Crippen LogP contribution in [0.25, 0.3) is 0 Å². The Morgan fingerprint density at radius 3 is 2.09 bits per heavy atom. The number of fused-ring (bicyclic) bond motifs is 7. The molecule has 310 valence electrons. The average molecular weight is 769 g/mol. The molecule has 6 fully saturated rings. The zero-order valence-corrected chi connectivity index (χ0v) is 33.3. The second-order valence-electron chi connectivity index (χ2n) is 20.4. The lowest BCUT2D eigenvalue weighted by Crippen LogP contribution is -2.71. The molecule has 13 nitrogen and oxygen atoms in total. The predicted molar refractivity (Wildman–Crippen MR) is 194 cm³/mol. The van der Waals surface area contributed by atoms with Gasteiger partial charge in [-0.2, -0.15) is 0 Å². The molecule has 2 saturated heterocycles. The summed E-state index contributed by atoms with van der Waals surface area (Å²) in [5.41, 5.74) is -1.79. The molecular formula is C41H68O13. The van der Waals surface area contributed by atoms with Crippen LogP contribution in [0.2, 0.25) is 0 Å². The van der Waals surface area contributed by atoms with Crippen LogP contribution in [0.5, 0.6) is 0 Å². The van der Waals surface area contributed by atoms with Crippen molar-refractivity contribution in [2.24, 2.45) is 50.2 Å². The van der Waals surface area contributed by atoms with E-state index in [9.17, 15) is 46.0 Å². The molecule has 0 aromatic rings. The van der Waals surface area contributed by atoms with Crippen molar-refractivity contribution in [1.29, 1.82) is 0 Å². The van der Waals surface area contributed by atoms with Gasteiger partial charge in [0.05, 0.1) is 43.7 Å². The van der Waals surface area contributed by atoms with Crippen molar-refractivity contribution >= 4 is 0 Å². The van der Waals surface area contributed by atoms with Crippen LogP contribution in [0.4, 0.5) is 0 Å². The zero-order valence-electron chi connectivity index (χ0n) is 33.3. The Labute approximate surface area is 319 Å². The van der Waals surface area contributed by atoms with E-state index in [1.165, 1.54) is 0 Å². The van der Waals surface area contributed by atoms with Crippen LogP contribution in [-0.4, -0.2) is 139 Å². The van der Waals surface area contributed by atoms with E-state index < -0.39 is 89.9 Å². The van der Waals surface area contributed by atoms with E-state index in [1.807, 2.05) is 13.8 Å². The number of ether oxygens (including phenoxy) is 4. The molecule has 0 aromatic carbocycles. The van der Waals surface area contributed by atoms with Crippen molar-refractivity contribution in [2.75, 3.05) is 13.2 Å². The highest BCUT2D eigenvalue weighted by atomic mass is 16.7. The highest BCUT2D eigenvalue weighted by molar-refractivity contribution is 5.37. The summed E-state index contributed by atoms with van der Waals surface area (Å²) in [5.74, 6) is 0.293. The van der Waals surface area contributed by atoms with Gasteiger partial charge in [-0.1, -0.05) is 60.1 Å². The van der Waals surface area contributed by atoms with Gasteiger partial charge in [-0.15, -0.1) is 0 Å². The summed E-state index contributed by atoms with van der Waals surface area (Å²) in [5, 5.41) is 98.7. The Morgan fingerprint density at radius 1 is 0.759 bits per heavy atom. The highest BCUT2D eigenvalue weighted by Gasteiger charge is 2.72. The lowest BCUT2D eigenvalue weighted by molar-refractivity contribution is -0.356. The van der Waals surface area contributed by atoms with E-state index in [0.29, 0.717) is 12.8 Å². The first kappa shape index (κ1) is 41.4. The predicted octanol–water partition coefficient (Wildman–Crippen LogP) is 1.37. The molecule has 2 heterocycles. The number of allylic oxidation sites excluding steroid dienone is 1. The molecule has 4 saturated carbocycles. The van der Waals surface area contributed by atoms with Crippen molar-refractivity contribution in [3.8, 4) is 0 Å². The van der Waals surface area contributed by atoms with Gasteiger partial charge in [-0.05, 0) is 91.3 Å². The average Bonchev–Trinajstić information content (AvgIpc) is 3.10. The van der Waals surface area contributed by atoms with Crippen molar-refractivity contribution in [3.05, 3.63) is 11.6 Å². The lowest BCUT2D eigenvalue weighted by Gasteiger charge is -2.72. The van der Waals surface area contributed by atoms with Crippen molar-refractivity contribution in [2.45, 2.75) is 180 Å². The first-order chi connectivity index (χ1) is 25.0. The fraction of sp³-hybridized carbons (Fsp3) is 0.951. The largest absolute Gasteiger partial charge is 0.396 e. The second-order valence-corrected chi connectivity index (χ2v) is 20.4. The van der Waals surface area contributed by atoms with Crippen LogP contribution in [0, 0.1) is 50.2 Å². The maximum atomic E-state index is 12.3. The third-order valence-corrected chi connectivity index (χ3v) is 17.2. The molecule has 7 aliphatic rings. The molecule has 0 radical (unpaired) electrons. The zero-order chi connectivity index (χ0) is 39.7. The number of rotatable bonds is 5. The summed E-state index contributed by atoms with van der Waals surface area (Å²) in [4.78, 5) is 0. The molecule has 0 amide bonds. The monoisotopic (exact) mass is 768 g/mol. The van der Waals surface area contributed by atoms with E-state index in [2.05, 4.69) is 40.7 Å². The quantitative estimate of drug-likeness (QED) is 0.143. The Bertz CT molecular complexity index is 1440. The molecule has 13 heteroatoms. The normalized spacial score (nSPS) is 56.8. The summed E-state index contributed by atoms with van der Waals surface area (Å²) >= 11 is 0. The number of aliphatic hydroxyl groups excluding tert-OH is 9. The van der Waals surface area contributed by atoms with Gasteiger partial charge in [-0.25, -0.2) is 0 Å². The summed E-state index contributed by atoms with van der Waals surface area (Å²) in [7, 11) is 0. The van der Waals surface area contributed by atoms with E-state index in [0.717, 1.165) is 31.3 Å². The van der Waals surface area contributed by atoms with Crippen LogP contribution >= 0.6 is 0 Å². The fourth-order valence-corrected chi connectivity index (χ4v) is 13.6. The Kier molecular flexibility index (Phi) is 10.5. The minimum absolute atomic E-state index is 0.120. The molecule has 20 unspecified atom stereocenters. The molecule has 0 bridgehead atoms. The minimum Gasteiger partial charge on any atom is -0.396 e. The smallest absolute Gasteiger partial charge is 0.186 e. The van der Waals surface area contributed by atoms with Gasteiger partial charge >= 0.3 is 0 Å². The number of aliphatic hydroxyl groups is 9. The molecule has 7 rings (SSSR count). The molecule has 9 N–H and O–H groups in total. The van der Waals surface area contributed by atoms with Gasteiger partial charge in [0.2, 0.25) is 0 Å². The van der Waals surface area contributed by atoms with Crippen LogP contribution in [0.1, 0.15) is 100 Å². The third-order valence-electron chi connectivity index (χ3n) is 17.2. The van der Waals surface area contributed by atoms with Gasteiger partial charge < -0.3 is 64.9 Å². The molecule has 0 spiro atoms. The summed E-state index contributed by atoms with van der Waals surface area (Å²) in [6.45, 7) is 16.5. The summed E-state index contributed by atoms with van der Waals surface area (Å²) in [6, 6.07) is 0. The first-order valence-electron chi connectivity index (χ1n) is 20.4. The van der Waals surface area contributed by atoms with Crippen molar-refractivity contribution in [1.82, 2.24) is 0 Å². The van der Waals surface area contributed by atoms with Crippen LogP contribution in [0.3, 0.4) is 0 Å². The highest BCUT2D eigenvalue weighted by Crippen LogP contribution is 2.75. The van der Waals surface area contributed by atoms with E-state index in [4.69, 9.17) is 18.9 Å². The molecule has 2 aliphatic heterocycles. The Hall–Kier alpha value is -0.780. The van der Waals surface area contributed by atoms with Gasteiger partial charge in [0, 0.05) is 10.8 Å². The van der Waals surface area contributed by atoms with Gasteiger partial charge in [0.15, 0.2) is 12.6 Å². The van der Waals surface area contributed by atoms with E-state index in [-0.39, 0.29) is 59.7 Å².